The van der Waals surface area contributed by atoms with E-state index in [9.17, 15) is 23.4 Å². The number of fused-ring (bicyclic) bond motifs is 3. The molecule has 3 N–H and O–H groups in total. The summed E-state index contributed by atoms with van der Waals surface area (Å²) in [6, 6.07) is 11.3. The van der Waals surface area contributed by atoms with E-state index in [0.29, 0.717) is 48.9 Å². The van der Waals surface area contributed by atoms with Gasteiger partial charge in [-0.1, -0.05) is 35.9 Å². The highest BCUT2D eigenvalue weighted by Crippen LogP contribution is 2.47. The van der Waals surface area contributed by atoms with Gasteiger partial charge < -0.3 is 19.8 Å². The van der Waals surface area contributed by atoms with Crippen molar-refractivity contribution >= 4 is 33.4 Å². The highest BCUT2D eigenvalue weighted by atomic mass is 35.5. The average Bonchev–Trinajstić information content (AvgIpc) is 3.14. The number of halogens is 1. The van der Waals surface area contributed by atoms with Crippen molar-refractivity contribution in [3.05, 3.63) is 83.4 Å². The lowest BCUT2D eigenvalue weighted by atomic mass is 9.68. The number of ether oxygens (including phenoxy) is 1. The van der Waals surface area contributed by atoms with Gasteiger partial charge in [0, 0.05) is 30.1 Å². The Labute approximate surface area is 270 Å². The summed E-state index contributed by atoms with van der Waals surface area (Å²) in [7, 11) is -4.08. The summed E-state index contributed by atoms with van der Waals surface area (Å²) < 4.78 is 35.3. The van der Waals surface area contributed by atoms with Crippen LogP contribution >= 0.6 is 11.6 Å². The third kappa shape index (κ3) is 5.91. The molecule has 2 fully saturated rings. The zero-order valence-electron chi connectivity index (χ0n) is 25.5. The minimum atomic E-state index is -4.08. The zero-order chi connectivity index (χ0) is 32.0. The van der Waals surface area contributed by atoms with Gasteiger partial charge in [0.05, 0.1) is 24.9 Å². The number of amides is 1. The molecule has 0 radical (unpaired) electrons. The van der Waals surface area contributed by atoms with Gasteiger partial charge in [0.15, 0.2) is 5.60 Å². The fraction of sp³-hybridized carbons (Fsp3) is 0.500. The fourth-order valence-electron chi connectivity index (χ4n) is 7.61. The maximum Gasteiger partial charge on any atom is 0.304 e. The minimum Gasteiger partial charge on any atom is -0.490 e. The summed E-state index contributed by atoms with van der Waals surface area (Å²) in [5, 5.41) is 23.2. The molecule has 0 bridgehead atoms. The molecule has 2 aromatic carbocycles. The molecule has 45 heavy (non-hydrogen) atoms. The van der Waals surface area contributed by atoms with E-state index in [1.807, 2.05) is 12.1 Å². The smallest absolute Gasteiger partial charge is 0.304 e. The molecule has 11 heteroatoms. The first-order valence-electron chi connectivity index (χ1n) is 15.8. The maximum atomic E-state index is 13.2. The van der Waals surface area contributed by atoms with Crippen molar-refractivity contribution in [1.82, 2.24) is 9.03 Å². The van der Waals surface area contributed by atoms with E-state index in [2.05, 4.69) is 28.8 Å². The number of rotatable bonds is 9. The lowest BCUT2D eigenvalue weighted by Gasteiger charge is -2.45. The van der Waals surface area contributed by atoms with Crippen molar-refractivity contribution < 1.29 is 28.2 Å². The molecule has 242 valence electrons. The Morgan fingerprint density at radius 1 is 1.18 bits per heavy atom. The Morgan fingerprint density at radius 2 is 2.00 bits per heavy atom. The van der Waals surface area contributed by atoms with E-state index in [-0.39, 0.29) is 23.8 Å². The predicted octanol–water partition coefficient (Wildman–Crippen LogP) is 4.22. The van der Waals surface area contributed by atoms with Crippen molar-refractivity contribution in [1.29, 1.82) is 0 Å². The molecule has 0 aromatic heterocycles. The van der Waals surface area contributed by atoms with Crippen molar-refractivity contribution in [3.8, 4) is 5.75 Å². The normalized spacial score (nSPS) is 29.8. The van der Waals surface area contributed by atoms with Crippen LogP contribution in [0.3, 0.4) is 0 Å². The van der Waals surface area contributed by atoms with E-state index in [1.165, 1.54) is 11.1 Å². The standard InChI is InChI=1S/C34H42ClN3O6S/c1-3-5-6-16-38-21-34(41,32(40)36-45(38,42)43)25-10-14-31-29(18-25)37(19-24-9-12-27(24)30(39)4-2)20-33(22-44-31)15-7-8-23-17-26(35)11-13-28(23)33/h3-4,10-11,13-14,17-18,24,27,30,39,41H,1-2,5-9,12,15-16,19-22H2,(H,36,40)/t24-,27+,30-,33-,34+/m0/s1. The Kier molecular flexibility index (Phi) is 8.82. The van der Waals surface area contributed by atoms with Crippen molar-refractivity contribution in [2.45, 2.75) is 62.1 Å². The number of nitrogens with zero attached hydrogens (tertiary/aromatic N) is 2. The molecule has 2 aliphatic heterocycles. The second-order valence-corrected chi connectivity index (χ2v) is 15.2. The van der Waals surface area contributed by atoms with Gasteiger partial charge in [0.1, 0.15) is 5.75 Å². The van der Waals surface area contributed by atoms with Gasteiger partial charge in [0.25, 0.3) is 5.91 Å². The highest BCUT2D eigenvalue weighted by Gasteiger charge is 2.50. The number of aliphatic hydroxyl groups is 2. The van der Waals surface area contributed by atoms with Crippen molar-refractivity contribution in [2.75, 3.05) is 37.7 Å². The SMILES string of the molecule is C=CCCCN1C[C@@](O)(c2ccc3c(c2)N(C[C@@H]2CC[C@H]2[C@@H](O)C=C)C[C@@]2(CCCc4cc(Cl)ccc42)CO3)C(=O)NS1(=O)=O. The lowest BCUT2D eigenvalue weighted by molar-refractivity contribution is -0.141. The summed E-state index contributed by atoms with van der Waals surface area (Å²) in [6.45, 7) is 8.97. The number of allylic oxidation sites excluding steroid dienone is 1. The van der Waals surface area contributed by atoms with Crippen molar-refractivity contribution in [2.24, 2.45) is 11.8 Å². The minimum absolute atomic E-state index is 0.0920. The van der Waals surface area contributed by atoms with Crippen LogP contribution in [0.1, 0.15) is 55.2 Å². The Bertz CT molecular complexity index is 1600. The first kappa shape index (κ1) is 32.1. The number of unbranched alkanes of at least 4 members (excludes halogenated alkanes) is 1. The Hall–Kier alpha value is -2.89. The van der Waals surface area contributed by atoms with Crippen molar-refractivity contribution in [3.63, 3.8) is 0 Å². The molecule has 4 aliphatic rings. The van der Waals surface area contributed by atoms with Gasteiger partial charge >= 0.3 is 10.2 Å². The first-order chi connectivity index (χ1) is 21.5. The van der Waals surface area contributed by atoms with E-state index >= 15 is 0 Å². The van der Waals surface area contributed by atoms with E-state index in [4.69, 9.17) is 16.3 Å². The van der Waals surface area contributed by atoms with E-state index in [1.54, 1.807) is 30.4 Å². The molecule has 1 spiro atoms. The number of carbonyl (C=O) groups is 1. The highest BCUT2D eigenvalue weighted by molar-refractivity contribution is 7.87. The molecule has 2 heterocycles. The molecule has 5 atom stereocenters. The molecule has 2 aliphatic carbocycles. The van der Waals surface area contributed by atoms with Crippen LogP contribution in [0.5, 0.6) is 5.75 Å². The van der Waals surface area contributed by atoms with Crippen LogP contribution in [0.25, 0.3) is 0 Å². The van der Waals surface area contributed by atoms with Gasteiger partial charge in [-0.25, -0.2) is 4.72 Å². The third-order valence-electron chi connectivity index (χ3n) is 10.3. The summed E-state index contributed by atoms with van der Waals surface area (Å²) in [5.74, 6) is -0.0443. The number of hydrogen-bond acceptors (Lipinski definition) is 7. The summed E-state index contributed by atoms with van der Waals surface area (Å²) >= 11 is 6.40. The number of anilines is 1. The number of β-amino-alcohol motifs (C(OH)–C–C–N with tert-alkyl or cyclic N) is 1. The number of aliphatic hydroxyl groups excluding tert-OH is 1. The second kappa shape index (κ2) is 12.4. The largest absolute Gasteiger partial charge is 0.490 e. The van der Waals surface area contributed by atoms with Crippen LogP contribution < -0.4 is 14.4 Å². The maximum absolute atomic E-state index is 13.2. The molecule has 2 aromatic rings. The number of nitrogens with one attached hydrogen (secondary N) is 1. The van der Waals surface area contributed by atoms with Crippen LogP contribution in [-0.2, 0) is 32.4 Å². The molecule has 1 saturated carbocycles. The van der Waals surface area contributed by atoms with E-state index in [0.717, 1.165) is 42.1 Å². The van der Waals surface area contributed by atoms with Gasteiger partial charge in [-0.3, -0.25) is 4.79 Å². The lowest BCUT2D eigenvalue weighted by Crippen LogP contribution is -2.62. The topological polar surface area (TPSA) is 119 Å². The van der Waals surface area contributed by atoms with Crippen LogP contribution in [0.15, 0.2) is 61.7 Å². The fourth-order valence-corrected chi connectivity index (χ4v) is 9.07. The number of hydrogen-bond donors (Lipinski definition) is 3. The van der Waals surface area contributed by atoms with Crippen LogP contribution in [0.4, 0.5) is 5.69 Å². The van der Waals surface area contributed by atoms with E-state index < -0.39 is 34.4 Å². The Balaban J connectivity index is 1.39. The number of carbonyl (C=O) groups excluding carboxylic acids is 1. The average molecular weight is 656 g/mol. The second-order valence-electron chi connectivity index (χ2n) is 13.1. The summed E-state index contributed by atoms with van der Waals surface area (Å²) in [6.07, 6.45) is 8.55. The number of benzene rings is 2. The summed E-state index contributed by atoms with van der Waals surface area (Å²) in [5.41, 5.74) is 1.05. The predicted molar refractivity (Wildman–Crippen MR) is 175 cm³/mol. The van der Waals surface area contributed by atoms with Gasteiger partial charge in [-0.05, 0) is 97.7 Å². The van der Waals surface area contributed by atoms with Gasteiger partial charge in [-0.15, -0.1) is 13.2 Å². The summed E-state index contributed by atoms with van der Waals surface area (Å²) in [4.78, 5) is 15.5. The third-order valence-corrected chi connectivity index (χ3v) is 12.0. The first-order valence-corrected chi connectivity index (χ1v) is 17.6. The van der Waals surface area contributed by atoms with Gasteiger partial charge in [0.2, 0.25) is 0 Å². The molecule has 6 rings (SSSR count). The van der Waals surface area contributed by atoms with Crippen LogP contribution in [-0.4, -0.2) is 67.7 Å². The molecule has 0 unspecified atom stereocenters. The molecular weight excluding hydrogens is 614 g/mol. The monoisotopic (exact) mass is 655 g/mol. The molecule has 9 nitrogen and oxygen atoms in total. The Morgan fingerprint density at radius 3 is 2.73 bits per heavy atom. The quantitative estimate of drug-likeness (QED) is 0.274. The zero-order valence-corrected chi connectivity index (χ0v) is 27.0. The van der Waals surface area contributed by atoms with Crippen LogP contribution in [0, 0.1) is 11.8 Å². The van der Waals surface area contributed by atoms with Crippen LogP contribution in [0.2, 0.25) is 5.02 Å². The van der Waals surface area contributed by atoms with Gasteiger partial charge in [-0.2, -0.15) is 12.7 Å². The molecule has 1 amide bonds. The molecular formula is C34H42ClN3O6S. The number of aryl methyl sites for hydroxylation is 1. The molecule has 1 saturated heterocycles.